The second-order valence-corrected chi connectivity index (χ2v) is 12.5. The topological polar surface area (TPSA) is 67.9 Å². The van der Waals surface area contributed by atoms with Crippen LogP contribution in [0, 0.1) is 0 Å². The lowest BCUT2D eigenvalue weighted by Gasteiger charge is -2.39. The molecule has 1 saturated carbocycles. The monoisotopic (exact) mass is 500 g/mol. The first-order valence-corrected chi connectivity index (χ1v) is 14.0. The Kier molecular flexibility index (Phi) is 9.85. The second-order valence-electron chi connectivity index (χ2n) is 12.5. The van der Waals surface area contributed by atoms with E-state index >= 15 is 0 Å². The number of carbonyl (C=O) groups is 2. The summed E-state index contributed by atoms with van der Waals surface area (Å²) in [4.78, 5) is 29.2. The van der Waals surface area contributed by atoms with E-state index in [0.717, 1.165) is 37.7 Å². The standard InChI is InChI=1S/C30H48N2O4/c1-29(2,3)35-27(33)26(28(34)36-30(4,5)6)24-16-12-13-17-25(24)31-22-18-20-32(21-19-22)23-14-10-8-7-9-11-15-23/h12-13,16-17,22-23,26,31H,7-11,14-15,18-21H2,1-6H3. The number of hydrogen-bond acceptors (Lipinski definition) is 6. The number of rotatable bonds is 6. The van der Waals surface area contributed by atoms with Crippen LogP contribution >= 0.6 is 0 Å². The van der Waals surface area contributed by atoms with Crippen LogP contribution in [0.2, 0.25) is 0 Å². The summed E-state index contributed by atoms with van der Waals surface area (Å²) in [5, 5.41) is 3.67. The minimum absolute atomic E-state index is 0.300. The van der Waals surface area contributed by atoms with Gasteiger partial charge in [-0.15, -0.1) is 0 Å². The Morgan fingerprint density at radius 2 is 1.31 bits per heavy atom. The average molecular weight is 501 g/mol. The van der Waals surface area contributed by atoms with Crippen molar-refractivity contribution in [1.29, 1.82) is 0 Å². The fourth-order valence-corrected chi connectivity index (χ4v) is 5.38. The van der Waals surface area contributed by atoms with Crippen LogP contribution < -0.4 is 5.32 Å². The quantitative estimate of drug-likeness (QED) is 0.358. The van der Waals surface area contributed by atoms with E-state index in [-0.39, 0.29) is 0 Å². The first kappa shape index (κ1) is 28.5. The van der Waals surface area contributed by atoms with Gasteiger partial charge in [-0.1, -0.05) is 50.3 Å². The van der Waals surface area contributed by atoms with Gasteiger partial charge in [-0.3, -0.25) is 9.59 Å². The minimum Gasteiger partial charge on any atom is -0.459 e. The lowest BCUT2D eigenvalue weighted by Crippen LogP contribution is -2.45. The molecule has 0 unspecified atom stereocenters. The highest BCUT2D eigenvalue weighted by Gasteiger charge is 2.38. The average Bonchev–Trinajstić information content (AvgIpc) is 2.73. The summed E-state index contributed by atoms with van der Waals surface area (Å²) in [7, 11) is 0. The van der Waals surface area contributed by atoms with Crippen molar-refractivity contribution in [2.75, 3.05) is 18.4 Å². The van der Waals surface area contributed by atoms with E-state index in [4.69, 9.17) is 9.47 Å². The number of nitrogens with one attached hydrogen (secondary N) is 1. The Labute approximate surface area is 218 Å². The maximum absolute atomic E-state index is 13.2. The number of ether oxygens (including phenoxy) is 2. The molecule has 2 aliphatic rings. The van der Waals surface area contributed by atoms with Gasteiger partial charge in [0.1, 0.15) is 11.2 Å². The number of likely N-dealkylation sites (tertiary alicyclic amines) is 1. The number of benzene rings is 1. The molecular weight excluding hydrogens is 452 g/mol. The number of esters is 2. The Morgan fingerprint density at radius 3 is 1.83 bits per heavy atom. The zero-order valence-electron chi connectivity index (χ0n) is 23.4. The number of para-hydroxylation sites is 1. The summed E-state index contributed by atoms with van der Waals surface area (Å²) in [6.45, 7) is 13.0. The van der Waals surface area contributed by atoms with Gasteiger partial charge in [0, 0.05) is 36.4 Å². The smallest absolute Gasteiger partial charge is 0.325 e. The first-order chi connectivity index (χ1) is 16.9. The highest BCUT2D eigenvalue weighted by Crippen LogP contribution is 2.32. The highest BCUT2D eigenvalue weighted by molar-refractivity contribution is 6.02. The third kappa shape index (κ3) is 8.79. The molecule has 1 aromatic carbocycles. The molecule has 3 rings (SSSR count). The molecule has 0 radical (unpaired) electrons. The maximum atomic E-state index is 13.2. The van der Waals surface area contributed by atoms with Crippen molar-refractivity contribution < 1.29 is 19.1 Å². The summed E-state index contributed by atoms with van der Waals surface area (Å²) < 4.78 is 11.3. The van der Waals surface area contributed by atoms with Crippen molar-refractivity contribution in [2.24, 2.45) is 0 Å². The molecule has 36 heavy (non-hydrogen) atoms. The van der Waals surface area contributed by atoms with E-state index in [1.165, 1.54) is 44.9 Å². The van der Waals surface area contributed by atoms with Crippen LogP contribution in [0.15, 0.2) is 24.3 Å². The van der Waals surface area contributed by atoms with Crippen LogP contribution in [0.1, 0.15) is 111 Å². The molecule has 1 aliphatic heterocycles. The molecule has 6 heteroatoms. The van der Waals surface area contributed by atoms with E-state index in [0.29, 0.717) is 11.6 Å². The van der Waals surface area contributed by atoms with Gasteiger partial charge in [-0.25, -0.2) is 0 Å². The van der Waals surface area contributed by atoms with Gasteiger partial charge in [0.15, 0.2) is 5.92 Å². The van der Waals surface area contributed by atoms with Gasteiger partial charge in [0.2, 0.25) is 0 Å². The molecule has 0 spiro atoms. The molecule has 1 saturated heterocycles. The molecule has 0 bridgehead atoms. The van der Waals surface area contributed by atoms with Crippen molar-refractivity contribution in [3.8, 4) is 0 Å². The fourth-order valence-electron chi connectivity index (χ4n) is 5.38. The summed E-state index contributed by atoms with van der Waals surface area (Å²) >= 11 is 0. The van der Waals surface area contributed by atoms with Crippen LogP contribution in [-0.4, -0.2) is 53.2 Å². The minimum atomic E-state index is -1.14. The summed E-state index contributed by atoms with van der Waals surface area (Å²) in [6, 6.07) is 8.62. The molecule has 6 nitrogen and oxygen atoms in total. The van der Waals surface area contributed by atoms with Gasteiger partial charge >= 0.3 is 11.9 Å². The molecule has 2 fully saturated rings. The van der Waals surface area contributed by atoms with Crippen molar-refractivity contribution in [1.82, 2.24) is 4.90 Å². The molecule has 0 amide bonds. The van der Waals surface area contributed by atoms with Crippen LogP contribution in [0.25, 0.3) is 0 Å². The first-order valence-electron chi connectivity index (χ1n) is 14.0. The van der Waals surface area contributed by atoms with Crippen molar-refractivity contribution in [3.63, 3.8) is 0 Å². The van der Waals surface area contributed by atoms with Gasteiger partial charge in [0.25, 0.3) is 0 Å². The largest absolute Gasteiger partial charge is 0.459 e. The van der Waals surface area contributed by atoms with E-state index in [2.05, 4.69) is 10.2 Å². The Morgan fingerprint density at radius 1 is 0.806 bits per heavy atom. The molecule has 0 aromatic heterocycles. The Hall–Kier alpha value is -2.08. The SMILES string of the molecule is CC(C)(C)OC(=O)C(C(=O)OC(C)(C)C)c1ccccc1NC1CCN(C2CCCCCCC2)CC1. The van der Waals surface area contributed by atoms with Crippen molar-refractivity contribution in [2.45, 2.75) is 129 Å². The van der Waals surface area contributed by atoms with Crippen LogP contribution in [-0.2, 0) is 19.1 Å². The number of hydrogen-bond donors (Lipinski definition) is 1. The zero-order chi connectivity index (χ0) is 26.3. The lowest BCUT2D eigenvalue weighted by molar-refractivity contribution is -0.169. The number of piperidine rings is 1. The number of carbonyl (C=O) groups excluding carboxylic acids is 2. The van der Waals surface area contributed by atoms with Crippen molar-refractivity contribution in [3.05, 3.63) is 29.8 Å². The Balaban J connectivity index is 1.73. The molecule has 1 N–H and O–H groups in total. The van der Waals surface area contributed by atoms with Crippen molar-refractivity contribution >= 4 is 17.6 Å². The van der Waals surface area contributed by atoms with Crippen LogP contribution in [0.4, 0.5) is 5.69 Å². The molecule has 1 aliphatic carbocycles. The van der Waals surface area contributed by atoms with E-state index in [9.17, 15) is 9.59 Å². The van der Waals surface area contributed by atoms with E-state index < -0.39 is 29.1 Å². The number of anilines is 1. The van der Waals surface area contributed by atoms with Gasteiger partial charge in [0.05, 0.1) is 0 Å². The van der Waals surface area contributed by atoms with Gasteiger partial charge in [-0.05, 0) is 73.3 Å². The van der Waals surface area contributed by atoms with Gasteiger partial charge in [-0.2, -0.15) is 0 Å². The molecule has 202 valence electrons. The molecule has 1 aromatic rings. The number of nitrogens with zero attached hydrogens (tertiary/aromatic N) is 1. The predicted octanol–water partition coefficient (Wildman–Crippen LogP) is 6.44. The van der Waals surface area contributed by atoms with Crippen LogP contribution in [0.5, 0.6) is 0 Å². The maximum Gasteiger partial charge on any atom is 0.325 e. The summed E-state index contributed by atoms with van der Waals surface area (Å²) in [6.07, 6.45) is 11.6. The van der Waals surface area contributed by atoms with E-state index in [1.54, 1.807) is 0 Å². The normalized spacial score (nSPS) is 19.4. The summed E-state index contributed by atoms with van der Waals surface area (Å²) in [5.41, 5.74) is 0.0136. The fraction of sp³-hybridized carbons (Fsp3) is 0.733. The summed E-state index contributed by atoms with van der Waals surface area (Å²) in [5.74, 6) is -2.29. The van der Waals surface area contributed by atoms with Gasteiger partial charge < -0.3 is 19.7 Å². The van der Waals surface area contributed by atoms with Crippen LogP contribution in [0.3, 0.4) is 0 Å². The molecule has 0 atom stereocenters. The third-order valence-electron chi connectivity index (χ3n) is 7.04. The van der Waals surface area contributed by atoms with E-state index in [1.807, 2.05) is 65.8 Å². The zero-order valence-corrected chi connectivity index (χ0v) is 23.4. The lowest BCUT2D eigenvalue weighted by atomic mass is 9.92. The highest BCUT2D eigenvalue weighted by atomic mass is 16.6. The third-order valence-corrected chi connectivity index (χ3v) is 7.04. The molecular formula is C30H48N2O4. The Bertz CT molecular complexity index is 826. The second kappa shape index (κ2) is 12.4. The molecule has 1 heterocycles. The predicted molar refractivity (Wildman–Crippen MR) is 145 cm³/mol.